The molecule has 0 N–H and O–H groups in total. The van der Waals surface area contributed by atoms with E-state index < -0.39 is 0 Å². The molecule has 118 valence electrons. The van der Waals surface area contributed by atoms with Crippen LogP contribution in [0.4, 0.5) is 0 Å². The fraction of sp³-hybridized carbons (Fsp3) is 0.733. The summed E-state index contributed by atoms with van der Waals surface area (Å²) in [5.41, 5.74) is 0. The van der Waals surface area contributed by atoms with Crippen LogP contribution in [0.2, 0.25) is 0 Å². The van der Waals surface area contributed by atoms with E-state index in [-0.39, 0.29) is 12.0 Å². The van der Waals surface area contributed by atoms with Crippen LogP contribution in [0.15, 0.2) is 18.5 Å². The number of carbonyl (C=O) groups is 1. The normalized spacial score (nSPS) is 19.9. The SMILES string of the molecule is CC(C)N1CCO[C@H](CC(=O)N(C)CCn2cccn2)C1. The summed E-state index contributed by atoms with van der Waals surface area (Å²) >= 11 is 0. The number of amides is 1. The molecule has 1 aromatic heterocycles. The fourth-order valence-electron chi connectivity index (χ4n) is 2.50. The Balaban J connectivity index is 1.75. The van der Waals surface area contributed by atoms with Gasteiger partial charge in [-0.3, -0.25) is 14.4 Å². The van der Waals surface area contributed by atoms with E-state index in [2.05, 4.69) is 23.8 Å². The molecule has 0 aromatic carbocycles. The minimum Gasteiger partial charge on any atom is -0.375 e. The molecule has 21 heavy (non-hydrogen) atoms. The Morgan fingerprint density at radius 3 is 3.00 bits per heavy atom. The smallest absolute Gasteiger partial charge is 0.225 e. The van der Waals surface area contributed by atoms with E-state index in [0.29, 0.717) is 25.6 Å². The Hall–Kier alpha value is -1.40. The van der Waals surface area contributed by atoms with E-state index in [4.69, 9.17) is 4.74 Å². The van der Waals surface area contributed by atoms with E-state index in [1.165, 1.54) is 0 Å². The van der Waals surface area contributed by atoms with Gasteiger partial charge in [0.05, 0.1) is 25.7 Å². The molecule has 2 heterocycles. The molecule has 1 fully saturated rings. The highest BCUT2D eigenvalue weighted by Gasteiger charge is 2.25. The van der Waals surface area contributed by atoms with Crippen LogP contribution >= 0.6 is 0 Å². The summed E-state index contributed by atoms with van der Waals surface area (Å²) in [6.45, 7) is 8.27. The maximum atomic E-state index is 12.2. The quantitative estimate of drug-likeness (QED) is 0.780. The second-order valence-corrected chi connectivity index (χ2v) is 5.87. The van der Waals surface area contributed by atoms with Gasteiger partial charge >= 0.3 is 0 Å². The van der Waals surface area contributed by atoms with Crippen LogP contribution in [0.25, 0.3) is 0 Å². The Kier molecular flexibility index (Phi) is 5.76. The fourth-order valence-corrected chi connectivity index (χ4v) is 2.50. The molecule has 1 atom stereocenters. The van der Waals surface area contributed by atoms with Crippen molar-refractivity contribution < 1.29 is 9.53 Å². The lowest BCUT2D eigenvalue weighted by Gasteiger charge is -2.35. The van der Waals surface area contributed by atoms with Crippen LogP contribution < -0.4 is 0 Å². The summed E-state index contributed by atoms with van der Waals surface area (Å²) in [6, 6.07) is 2.39. The molecule has 0 unspecified atom stereocenters. The molecule has 2 rings (SSSR count). The number of rotatable bonds is 6. The van der Waals surface area contributed by atoms with Gasteiger partial charge in [-0.2, -0.15) is 5.10 Å². The molecule has 0 saturated carbocycles. The molecule has 0 aliphatic carbocycles. The number of ether oxygens (including phenoxy) is 1. The zero-order chi connectivity index (χ0) is 15.2. The lowest BCUT2D eigenvalue weighted by Crippen LogP contribution is -2.47. The maximum absolute atomic E-state index is 12.2. The van der Waals surface area contributed by atoms with Gasteiger partial charge in [-0.25, -0.2) is 0 Å². The molecule has 0 bridgehead atoms. The first-order valence-electron chi connectivity index (χ1n) is 7.63. The predicted molar refractivity (Wildman–Crippen MR) is 80.9 cm³/mol. The van der Waals surface area contributed by atoms with Crippen molar-refractivity contribution in [2.75, 3.05) is 33.3 Å². The molecule has 1 aliphatic rings. The number of hydrogen-bond donors (Lipinski definition) is 0. The molecular formula is C15H26N4O2. The van der Waals surface area contributed by atoms with Gasteiger partial charge in [-0.15, -0.1) is 0 Å². The van der Waals surface area contributed by atoms with Crippen LogP contribution in [0.3, 0.4) is 0 Å². The molecule has 0 radical (unpaired) electrons. The highest BCUT2D eigenvalue weighted by Crippen LogP contribution is 2.12. The van der Waals surface area contributed by atoms with E-state index in [0.717, 1.165) is 19.6 Å². The van der Waals surface area contributed by atoms with Crippen molar-refractivity contribution in [1.29, 1.82) is 0 Å². The average Bonchev–Trinajstić information content (AvgIpc) is 2.98. The van der Waals surface area contributed by atoms with Gasteiger partial charge in [0.2, 0.25) is 5.91 Å². The lowest BCUT2D eigenvalue weighted by atomic mass is 10.1. The molecular weight excluding hydrogens is 268 g/mol. The lowest BCUT2D eigenvalue weighted by molar-refractivity contribution is -0.135. The zero-order valence-corrected chi connectivity index (χ0v) is 13.2. The Morgan fingerprint density at radius 2 is 2.33 bits per heavy atom. The molecule has 0 spiro atoms. The third-order valence-corrected chi connectivity index (χ3v) is 3.95. The van der Waals surface area contributed by atoms with Crippen molar-refractivity contribution in [2.45, 2.75) is 39.0 Å². The van der Waals surface area contributed by atoms with Crippen molar-refractivity contribution in [2.24, 2.45) is 0 Å². The number of hydrogen-bond acceptors (Lipinski definition) is 4. The predicted octanol–water partition coefficient (Wildman–Crippen LogP) is 0.841. The highest BCUT2D eigenvalue weighted by atomic mass is 16.5. The van der Waals surface area contributed by atoms with Crippen molar-refractivity contribution >= 4 is 5.91 Å². The molecule has 6 nitrogen and oxygen atoms in total. The van der Waals surface area contributed by atoms with Crippen LogP contribution in [-0.2, 0) is 16.1 Å². The Morgan fingerprint density at radius 1 is 1.52 bits per heavy atom. The summed E-state index contributed by atoms with van der Waals surface area (Å²) in [5, 5.41) is 4.14. The number of aromatic nitrogens is 2. The molecule has 1 amide bonds. The molecule has 1 aliphatic heterocycles. The van der Waals surface area contributed by atoms with Crippen molar-refractivity contribution in [3.05, 3.63) is 18.5 Å². The second kappa shape index (κ2) is 7.56. The second-order valence-electron chi connectivity index (χ2n) is 5.87. The van der Waals surface area contributed by atoms with Crippen molar-refractivity contribution in [1.82, 2.24) is 19.6 Å². The Labute approximate surface area is 126 Å². The Bertz CT molecular complexity index is 433. The number of morpholine rings is 1. The van der Waals surface area contributed by atoms with Gasteiger partial charge in [0, 0.05) is 45.1 Å². The zero-order valence-electron chi connectivity index (χ0n) is 13.2. The van der Waals surface area contributed by atoms with E-state index in [1.54, 1.807) is 11.1 Å². The first-order chi connectivity index (χ1) is 10.1. The van der Waals surface area contributed by atoms with Gasteiger partial charge in [0.15, 0.2) is 0 Å². The average molecular weight is 294 g/mol. The number of nitrogens with zero attached hydrogens (tertiary/aromatic N) is 4. The first kappa shape index (κ1) is 16.0. The van der Waals surface area contributed by atoms with Gasteiger partial charge in [0.25, 0.3) is 0 Å². The highest BCUT2D eigenvalue weighted by molar-refractivity contribution is 5.76. The van der Waals surface area contributed by atoms with Crippen LogP contribution in [0, 0.1) is 0 Å². The van der Waals surface area contributed by atoms with Gasteiger partial charge in [-0.05, 0) is 19.9 Å². The number of carbonyl (C=O) groups excluding carboxylic acids is 1. The monoisotopic (exact) mass is 294 g/mol. The summed E-state index contributed by atoms with van der Waals surface area (Å²) in [4.78, 5) is 16.4. The van der Waals surface area contributed by atoms with E-state index >= 15 is 0 Å². The molecule has 1 aromatic rings. The first-order valence-corrected chi connectivity index (χ1v) is 7.63. The van der Waals surface area contributed by atoms with Gasteiger partial charge in [0.1, 0.15) is 0 Å². The van der Waals surface area contributed by atoms with E-state index in [1.807, 2.05) is 24.0 Å². The maximum Gasteiger partial charge on any atom is 0.225 e. The summed E-state index contributed by atoms with van der Waals surface area (Å²) in [7, 11) is 1.84. The molecule has 6 heteroatoms. The van der Waals surface area contributed by atoms with Crippen LogP contribution in [0.1, 0.15) is 20.3 Å². The number of likely N-dealkylation sites (N-methyl/N-ethyl adjacent to an activating group) is 1. The largest absolute Gasteiger partial charge is 0.375 e. The topological polar surface area (TPSA) is 50.6 Å². The van der Waals surface area contributed by atoms with Crippen LogP contribution in [0.5, 0.6) is 0 Å². The third-order valence-electron chi connectivity index (χ3n) is 3.95. The van der Waals surface area contributed by atoms with Crippen molar-refractivity contribution in [3.8, 4) is 0 Å². The van der Waals surface area contributed by atoms with Gasteiger partial charge < -0.3 is 9.64 Å². The summed E-state index contributed by atoms with van der Waals surface area (Å²) < 4.78 is 7.56. The van der Waals surface area contributed by atoms with Crippen LogP contribution in [-0.4, -0.2) is 70.9 Å². The standard InChI is InChI=1S/C15H26N4O2/c1-13(2)18-9-10-21-14(12-18)11-15(20)17(3)7-8-19-6-4-5-16-19/h4-6,13-14H,7-12H2,1-3H3/t14-/m1/s1. The summed E-state index contributed by atoms with van der Waals surface area (Å²) in [5.74, 6) is 0.137. The molecule has 1 saturated heterocycles. The summed E-state index contributed by atoms with van der Waals surface area (Å²) in [6.07, 6.45) is 4.13. The van der Waals surface area contributed by atoms with Gasteiger partial charge in [-0.1, -0.05) is 0 Å². The minimum atomic E-state index is 0.0146. The van der Waals surface area contributed by atoms with Crippen molar-refractivity contribution in [3.63, 3.8) is 0 Å². The van der Waals surface area contributed by atoms with E-state index in [9.17, 15) is 4.79 Å². The minimum absolute atomic E-state index is 0.0146. The third kappa shape index (κ3) is 4.82.